The smallest absolute Gasteiger partial charge is 0.307 e. The van der Waals surface area contributed by atoms with Gasteiger partial charge >= 0.3 is 5.97 Å². The molecule has 0 aliphatic heterocycles. The van der Waals surface area contributed by atoms with Gasteiger partial charge in [-0.15, -0.1) is 0 Å². The van der Waals surface area contributed by atoms with Crippen LogP contribution in [0, 0.1) is 5.92 Å². The molecule has 0 amide bonds. The number of carboxylic acid groups (broad SMARTS) is 1. The first-order valence-corrected chi connectivity index (χ1v) is 5.94. The van der Waals surface area contributed by atoms with Gasteiger partial charge in [-0.05, 0) is 42.5 Å². The lowest BCUT2D eigenvalue weighted by atomic mass is 9.89. The first-order valence-electron chi connectivity index (χ1n) is 5.15. The summed E-state index contributed by atoms with van der Waals surface area (Å²) >= 11 is 3.43. The van der Waals surface area contributed by atoms with E-state index in [0.29, 0.717) is 6.42 Å². The number of hydrogen-bond acceptors (Lipinski definition) is 1. The third kappa shape index (κ3) is 1.19. The Morgan fingerprint density at radius 1 is 1.47 bits per heavy atom. The van der Waals surface area contributed by atoms with Crippen LogP contribution in [0.15, 0.2) is 22.7 Å². The van der Waals surface area contributed by atoms with Crippen molar-refractivity contribution in [2.75, 3.05) is 0 Å². The molecule has 0 radical (unpaired) electrons. The molecule has 2 aliphatic rings. The highest BCUT2D eigenvalue weighted by Gasteiger charge is 2.58. The summed E-state index contributed by atoms with van der Waals surface area (Å²) < 4.78 is 1.04. The normalized spacial score (nSPS) is 25.3. The van der Waals surface area contributed by atoms with E-state index in [9.17, 15) is 9.90 Å². The molecule has 0 bridgehead atoms. The van der Waals surface area contributed by atoms with Crippen LogP contribution in [0.5, 0.6) is 0 Å². The van der Waals surface area contributed by atoms with E-state index in [0.717, 1.165) is 17.3 Å². The van der Waals surface area contributed by atoms with E-state index in [4.69, 9.17) is 0 Å². The molecule has 1 saturated carbocycles. The predicted molar refractivity (Wildman–Crippen MR) is 59.9 cm³/mol. The Bertz CT molecular complexity index is 449. The third-order valence-corrected chi connectivity index (χ3v) is 4.27. The van der Waals surface area contributed by atoms with Gasteiger partial charge in [0.2, 0.25) is 0 Å². The first kappa shape index (κ1) is 9.40. The van der Waals surface area contributed by atoms with E-state index in [1.165, 1.54) is 11.1 Å². The first-order chi connectivity index (χ1) is 7.13. The summed E-state index contributed by atoms with van der Waals surface area (Å²) in [5, 5.41) is 9.22. The molecule has 2 nitrogen and oxygen atoms in total. The van der Waals surface area contributed by atoms with Gasteiger partial charge in [-0.3, -0.25) is 4.79 Å². The molecular weight excluding hydrogens is 256 g/mol. The lowest BCUT2D eigenvalue weighted by Crippen LogP contribution is -2.24. The Hall–Kier alpha value is -0.830. The Labute approximate surface area is 96.4 Å². The Kier molecular flexibility index (Phi) is 1.78. The molecule has 1 N–H and O–H groups in total. The number of benzene rings is 1. The molecule has 1 aromatic carbocycles. The Morgan fingerprint density at radius 3 is 2.80 bits per heavy atom. The van der Waals surface area contributed by atoms with E-state index in [1.54, 1.807) is 0 Å². The average Bonchev–Trinajstić information content (AvgIpc) is 2.87. The molecule has 0 saturated heterocycles. The van der Waals surface area contributed by atoms with Gasteiger partial charge in [0.1, 0.15) is 0 Å². The van der Waals surface area contributed by atoms with E-state index in [2.05, 4.69) is 28.1 Å². The molecule has 1 unspecified atom stereocenters. The zero-order chi connectivity index (χ0) is 10.6. The van der Waals surface area contributed by atoms with Crippen molar-refractivity contribution in [1.82, 2.24) is 0 Å². The lowest BCUT2D eigenvalue weighted by molar-refractivity contribution is -0.142. The molecule has 1 aromatic rings. The number of fused-ring (bicyclic) bond motifs is 2. The summed E-state index contributed by atoms with van der Waals surface area (Å²) in [6, 6.07) is 6.18. The summed E-state index contributed by atoms with van der Waals surface area (Å²) in [6.45, 7) is 0. The van der Waals surface area contributed by atoms with Crippen LogP contribution in [0.2, 0.25) is 0 Å². The minimum Gasteiger partial charge on any atom is -0.481 e. The van der Waals surface area contributed by atoms with E-state index in [1.807, 2.05) is 6.07 Å². The maximum absolute atomic E-state index is 11.2. The summed E-state index contributed by atoms with van der Waals surface area (Å²) in [7, 11) is 0. The van der Waals surface area contributed by atoms with Gasteiger partial charge in [0, 0.05) is 9.89 Å². The maximum Gasteiger partial charge on any atom is 0.307 e. The predicted octanol–water partition coefficient (Wildman–Crippen LogP) is 2.74. The van der Waals surface area contributed by atoms with Gasteiger partial charge in [0.05, 0.1) is 5.92 Å². The van der Waals surface area contributed by atoms with Crippen LogP contribution < -0.4 is 0 Å². The van der Waals surface area contributed by atoms with Crippen molar-refractivity contribution in [3.8, 4) is 0 Å². The maximum atomic E-state index is 11.2. The minimum absolute atomic E-state index is 0.0120. The third-order valence-electron chi connectivity index (χ3n) is 3.78. The van der Waals surface area contributed by atoms with Crippen LogP contribution in [0.1, 0.15) is 24.0 Å². The Morgan fingerprint density at radius 2 is 2.20 bits per heavy atom. The van der Waals surface area contributed by atoms with Crippen LogP contribution in [-0.4, -0.2) is 11.1 Å². The average molecular weight is 267 g/mol. The second kappa shape index (κ2) is 2.85. The van der Waals surface area contributed by atoms with Crippen molar-refractivity contribution in [2.24, 2.45) is 5.92 Å². The van der Waals surface area contributed by atoms with Crippen LogP contribution >= 0.6 is 15.9 Å². The number of hydrogen-bond donors (Lipinski definition) is 1. The summed E-state index contributed by atoms with van der Waals surface area (Å²) in [5.41, 5.74) is 2.48. The molecule has 0 aromatic heterocycles. The fourth-order valence-corrected chi connectivity index (χ4v) is 3.30. The zero-order valence-corrected chi connectivity index (χ0v) is 9.75. The van der Waals surface area contributed by atoms with E-state index in [-0.39, 0.29) is 11.3 Å². The fourth-order valence-electron chi connectivity index (χ4n) is 2.90. The van der Waals surface area contributed by atoms with Crippen molar-refractivity contribution >= 4 is 21.9 Å². The molecule has 0 heterocycles. The van der Waals surface area contributed by atoms with Gasteiger partial charge < -0.3 is 5.11 Å². The Balaban J connectivity index is 2.11. The van der Waals surface area contributed by atoms with Gasteiger partial charge in [0.25, 0.3) is 0 Å². The molecule has 3 rings (SSSR count). The van der Waals surface area contributed by atoms with Gasteiger partial charge in [0.15, 0.2) is 0 Å². The SMILES string of the molecule is O=C(O)C1Cc2cc(Br)ccc2C12CC2. The second-order valence-electron chi connectivity index (χ2n) is 4.55. The molecule has 78 valence electrons. The largest absolute Gasteiger partial charge is 0.481 e. The van der Waals surface area contributed by atoms with Gasteiger partial charge in [-0.25, -0.2) is 0 Å². The molecule has 3 heteroatoms. The van der Waals surface area contributed by atoms with Gasteiger partial charge in [-0.2, -0.15) is 0 Å². The molecule has 15 heavy (non-hydrogen) atoms. The molecule has 1 fully saturated rings. The zero-order valence-electron chi connectivity index (χ0n) is 8.16. The van der Waals surface area contributed by atoms with Crippen molar-refractivity contribution in [3.05, 3.63) is 33.8 Å². The number of carbonyl (C=O) groups is 1. The summed E-state index contributed by atoms with van der Waals surface area (Å²) in [5.74, 6) is -0.832. The van der Waals surface area contributed by atoms with Crippen molar-refractivity contribution in [1.29, 1.82) is 0 Å². The number of aliphatic carboxylic acids is 1. The number of halogens is 1. The van der Waals surface area contributed by atoms with Crippen LogP contribution in [0.3, 0.4) is 0 Å². The van der Waals surface area contributed by atoms with Crippen LogP contribution in [-0.2, 0) is 16.6 Å². The molecule has 2 aliphatic carbocycles. The fraction of sp³-hybridized carbons (Fsp3) is 0.417. The highest BCUT2D eigenvalue weighted by Crippen LogP contribution is 2.60. The van der Waals surface area contributed by atoms with Crippen molar-refractivity contribution in [3.63, 3.8) is 0 Å². The highest BCUT2D eigenvalue weighted by atomic mass is 79.9. The summed E-state index contributed by atoms with van der Waals surface area (Å²) in [6.07, 6.45) is 2.78. The minimum atomic E-state index is -0.639. The number of rotatable bonds is 1. The van der Waals surface area contributed by atoms with Gasteiger partial charge in [-0.1, -0.05) is 22.0 Å². The molecular formula is C12H11BrO2. The lowest BCUT2D eigenvalue weighted by Gasteiger charge is -2.14. The van der Waals surface area contributed by atoms with E-state index >= 15 is 0 Å². The van der Waals surface area contributed by atoms with Crippen molar-refractivity contribution in [2.45, 2.75) is 24.7 Å². The van der Waals surface area contributed by atoms with Crippen LogP contribution in [0.25, 0.3) is 0 Å². The summed E-state index contributed by atoms with van der Waals surface area (Å²) in [4.78, 5) is 11.2. The van der Waals surface area contributed by atoms with Crippen LogP contribution in [0.4, 0.5) is 0 Å². The monoisotopic (exact) mass is 266 g/mol. The topological polar surface area (TPSA) is 37.3 Å². The standard InChI is InChI=1S/C12H11BrO2/c13-8-1-2-9-7(5-8)6-10(11(14)15)12(9)3-4-12/h1-2,5,10H,3-4,6H2,(H,14,15). The van der Waals surface area contributed by atoms with Crippen molar-refractivity contribution < 1.29 is 9.90 Å². The quantitative estimate of drug-likeness (QED) is 0.849. The molecule has 1 atom stereocenters. The number of carboxylic acids is 1. The highest BCUT2D eigenvalue weighted by molar-refractivity contribution is 9.10. The molecule has 1 spiro atoms. The van der Waals surface area contributed by atoms with E-state index < -0.39 is 5.97 Å². The second-order valence-corrected chi connectivity index (χ2v) is 5.47.